The van der Waals surface area contributed by atoms with Crippen molar-refractivity contribution in [2.45, 2.75) is 19.8 Å². The molecule has 2 aliphatic heterocycles. The third kappa shape index (κ3) is 5.02. The monoisotopic (exact) mass is 362 g/mol. The van der Waals surface area contributed by atoms with Gasteiger partial charge >= 0.3 is 0 Å². The first-order valence-electron chi connectivity index (χ1n) is 9.30. The van der Waals surface area contributed by atoms with Crippen LogP contribution < -0.4 is 5.32 Å². The van der Waals surface area contributed by atoms with Gasteiger partial charge in [0.15, 0.2) is 0 Å². The average Bonchev–Trinajstić information content (AvgIpc) is 3.14. The summed E-state index contributed by atoms with van der Waals surface area (Å²) >= 11 is 0. The summed E-state index contributed by atoms with van der Waals surface area (Å²) in [6.45, 7) is 7.28. The number of nitrogens with one attached hydrogen (secondary N) is 1. The van der Waals surface area contributed by atoms with Crippen LogP contribution in [-0.2, 0) is 9.59 Å². The number of rotatable bonds is 5. The second-order valence-corrected chi connectivity index (χ2v) is 7.17. The zero-order valence-corrected chi connectivity index (χ0v) is 15.3. The molecule has 2 fully saturated rings. The van der Waals surface area contributed by atoms with E-state index in [-0.39, 0.29) is 24.0 Å². The summed E-state index contributed by atoms with van der Waals surface area (Å²) in [7, 11) is 0. The molecule has 0 spiro atoms. The van der Waals surface area contributed by atoms with Gasteiger partial charge in [0.25, 0.3) is 0 Å². The molecule has 0 bridgehead atoms. The number of halogens is 1. The van der Waals surface area contributed by atoms with E-state index in [9.17, 15) is 14.0 Å². The molecule has 2 aliphatic rings. The van der Waals surface area contributed by atoms with E-state index in [2.05, 4.69) is 10.2 Å². The van der Waals surface area contributed by atoms with Gasteiger partial charge in [0.2, 0.25) is 11.8 Å². The molecule has 26 heavy (non-hydrogen) atoms. The molecule has 0 radical (unpaired) electrons. The molecule has 6 nitrogen and oxygen atoms in total. The fourth-order valence-electron chi connectivity index (χ4n) is 3.48. The van der Waals surface area contributed by atoms with Gasteiger partial charge in [-0.05, 0) is 37.5 Å². The van der Waals surface area contributed by atoms with Crippen LogP contribution in [0.1, 0.15) is 18.4 Å². The topological polar surface area (TPSA) is 55.9 Å². The van der Waals surface area contributed by atoms with E-state index < -0.39 is 5.82 Å². The zero-order chi connectivity index (χ0) is 18.5. The second-order valence-electron chi connectivity index (χ2n) is 7.17. The molecular weight excluding hydrogens is 335 g/mol. The highest BCUT2D eigenvalue weighted by Crippen LogP contribution is 2.15. The van der Waals surface area contributed by atoms with E-state index in [1.807, 2.05) is 16.7 Å². The lowest BCUT2D eigenvalue weighted by atomic mass is 10.2. The van der Waals surface area contributed by atoms with Gasteiger partial charge in [-0.3, -0.25) is 19.4 Å². The van der Waals surface area contributed by atoms with Gasteiger partial charge in [-0.25, -0.2) is 4.39 Å². The second kappa shape index (κ2) is 8.60. The molecule has 1 N–H and O–H groups in total. The first-order valence-corrected chi connectivity index (χ1v) is 9.30. The van der Waals surface area contributed by atoms with E-state index in [0.717, 1.165) is 57.7 Å². The lowest BCUT2D eigenvalue weighted by Gasteiger charge is -2.34. The van der Waals surface area contributed by atoms with E-state index in [1.165, 1.54) is 6.07 Å². The van der Waals surface area contributed by atoms with Gasteiger partial charge in [-0.2, -0.15) is 0 Å². The van der Waals surface area contributed by atoms with Gasteiger partial charge in [-0.15, -0.1) is 0 Å². The summed E-state index contributed by atoms with van der Waals surface area (Å²) in [4.78, 5) is 30.5. The van der Waals surface area contributed by atoms with E-state index in [0.29, 0.717) is 6.54 Å². The molecule has 3 rings (SSSR count). The molecular formula is C19H27FN4O2. The maximum Gasteiger partial charge on any atom is 0.238 e. The first-order chi connectivity index (χ1) is 12.5. The highest BCUT2D eigenvalue weighted by atomic mass is 19.1. The number of carbonyl (C=O) groups is 2. The van der Waals surface area contributed by atoms with E-state index >= 15 is 0 Å². The van der Waals surface area contributed by atoms with Crippen LogP contribution in [0.15, 0.2) is 18.2 Å². The predicted octanol–water partition coefficient (Wildman–Crippen LogP) is 1.31. The Hall–Kier alpha value is -1.99. The number of carbonyl (C=O) groups excluding carboxylic acids is 2. The number of benzene rings is 1. The summed E-state index contributed by atoms with van der Waals surface area (Å²) in [5.41, 5.74) is 1.04. The number of hydrogen-bond donors (Lipinski definition) is 1. The van der Waals surface area contributed by atoms with Crippen LogP contribution in [0.3, 0.4) is 0 Å². The normalized spacial score (nSPS) is 18.9. The number of aryl methyl sites for hydroxylation is 1. The Morgan fingerprint density at radius 1 is 1.00 bits per heavy atom. The van der Waals surface area contributed by atoms with Crippen molar-refractivity contribution in [1.82, 2.24) is 14.7 Å². The Morgan fingerprint density at radius 3 is 2.23 bits per heavy atom. The first kappa shape index (κ1) is 18.8. The van der Waals surface area contributed by atoms with Crippen molar-refractivity contribution < 1.29 is 14.0 Å². The van der Waals surface area contributed by atoms with Gasteiger partial charge in [0.05, 0.1) is 18.8 Å². The fraction of sp³-hybridized carbons (Fsp3) is 0.579. The molecule has 2 saturated heterocycles. The Balaban J connectivity index is 1.40. The Labute approximate surface area is 153 Å². The minimum atomic E-state index is -0.413. The molecule has 7 heteroatoms. The molecule has 0 unspecified atom stereocenters. The molecule has 0 aromatic heterocycles. The van der Waals surface area contributed by atoms with E-state index in [1.54, 1.807) is 12.1 Å². The summed E-state index contributed by atoms with van der Waals surface area (Å²) in [6, 6.07) is 4.77. The van der Waals surface area contributed by atoms with Gasteiger partial charge < -0.3 is 10.2 Å². The van der Waals surface area contributed by atoms with Crippen LogP contribution >= 0.6 is 0 Å². The molecule has 0 aliphatic carbocycles. The van der Waals surface area contributed by atoms with Crippen LogP contribution in [0, 0.1) is 12.7 Å². The maximum atomic E-state index is 13.8. The lowest BCUT2D eigenvalue weighted by molar-refractivity contribution is -0.132. The number of anilines is 1. The number of hydrogen-bond acceptors (Lipinski definition) is 4. The molecule has 1 aromatic carbocycles. The quantitative estimate of drug-likeness (QED) is 0.858. The number of amides is 2. The largest absolute Gasteiger partial charge is 0.342 e. The molecule has 1 aromatic rings. The molecule has 142 valence electrons. The van der Waals surface area contributed by atoms with Crippen molar-refractivity contribution in [3.8, 4) is 0 Å². The zero-order valence-electron chi connectivity index (χ0n) is 15.3. The molecule has 2 heterocycles. The number of likely N-dealkylation sites (tertiary alicyclic amines) is 1. The lowest BCUT2D eigenvalue weighted by Crippen LogP contribution is -2.51. The van der Waals surface area contributed by atoms with Gasteiger partial charge in [0.1, 0.15) is 5.82 Å². The SMILES string of the molecule is Cc1ccc(NC(=O)CN2CCN(CC(=O)N3CCCC3)CC2)c(F)c1. The summed E-state index contributed by atoms with van der Waals surface area (Å²) in [6.07, 6.45) is 2.21. The summed E-state index contributed by atoms with van der Waals surface area (Å²) in [5, 5.41) is 2.64. The van der Waals surface area contributed by atoms with Gasteiger partial charge in [-0.1, -0.05) is 6.07 Å². The maximum absolute atomic E-state index is 13.8. The van der Waals surface area contributed by atoms with Crippen LogP contribution in [0.5, 0.6) is 0 Å². The third-order valence-corrected chi connectivity index (χ3v) is 5.05. The van der Waals surface area contributed by atoms with Crippen LogP contribution in [0.25, 0.3) is 0 Å². The van der Waals surface area contributed by atoms with Crippen molar-refractivity contribution >= 4 is 17.5 Å². The van der Waals surface area contributed by atoms with Crippen molar-refractivity contribution in [3.05, 3.63) is 29.6 Å². The van der Waals surface area contributed by atoms with E-state index in [4.69, 9.17) is 0 Å². The van der Waals surface area contributed by atoms with Crippen LogP contribution in [0.4, 0.5) is 10.1 Å². The fourth-order valence-corrected chi connectivity index (χ4v) is 3.48. The van der Waals surface area contributed by atoms with Crippen LogP contribution in [0.2, 0.25) is 0 Å². The van der Waals surface area contributed by atoms with Crippen molar-refractivity contribution in [3.63, 3.8) is 0 Å². The van der Waals surface area contributed by atoms with Crippen LogP contribution in [-0.4, -0.2) is 78.9 Å². The minimum absolute atomic E-state index is 0.212. The highest BCUT2D eigenvalue weighted by molar-refractivity contribution is 5.92. The Bertz CT molecular complexity index is 653. The van der Waals surface area contributed by atoms with Gasteiger partial charge in [0, 0.05) is 39.3 Å². The van der Waals surface area contributed by atoms with Crippen molar-refractivity contribution in [1.29, 1.82) is 0 Å². The molecule has 0 atom stereocenters. The number of nitrogens with zero attached hydrogens (tertiary/aromatic N) is 3. The predicted molar refractivity (Wildman–Crippen MR) is 98.5 cm³/mol. The standard InChI is InChI=1S/C19H27FN4O2/c1-15-4-5-17(16(20)12-15)21-18(25)13-22-8-10-23(11-9-22)14-19(26)24-6-2-3-7-24/h4-5,12H,2-3,6-11,13-14H2,1H3,(H,21,25). The number of piperazine rings is 1. The third-order valence-electron chi connectivity index (χ3n) is 5.05. The average molecular weight is 362 g/mol. The van der Waals surface area contributed by atoms with Crippen molar-refractivity contribution in [2.75, 3.05) is 57.7 Å². The Kier molecular flexibility index (Phi) is 6.21. The molecule has 2 amide bonds. The molecule has 0 saturated carbocycles. The summed E-state index contributed by atoms with van der Waals surface area (Å²) < 4.78 is 13.8. The van der Waals surface area contributed by atoms with Crippen molar-refractivity contribution in [2.24, 2.45) is 0 Å². The Morgan fingerprint density at radius 2 is 1.62 bits per heavy atom. The summed E-state index contributed by atoms with van der Waals surface area (Å²) in [5.74, 6) is -0.415. The minimum Gasteiger partial charge on any atom is -0.342 e. The highest BCUT2D eigenvalue weighted by Gasteiger charge is 2.24. The smallest absolute Gasteiger partial charge is 0.238 e.